The maximum Gasteiger partial charge on any atom is 0.174 e. The Labute approximate surface area is 85.1 Å². The third-order valence-electron chi connectivity index (χ3n) is 2.11. The van der Waals surface area contributed by atoms with Gasteiger partial charge in [-0.05, 0) is 18.9 Å². The van der Waals surface area contributed by atoms with Crippen LogP contribution in [0.5, 0.6) is 0 Å². The summed E-state index contributed by atoms with van der Waals surface area (Å²) in [5.74, 6) is 5.59. The van der Waals surface area contributed by atoms with Gasteiger partial charge in [-0.25, -0.2) is 0 Å². The van der Waals surface area contributed by atoms with Crippen LogP contribution in [0.25, 0.3) is 0 Å². The zero-order valence-electron chi connectivity index (χ0n) is 8.63. The molecule has 1 nitrogen and oxygen atoms in total. The smallest absolute Gasteiger partial charge is 0.174 e. The molecule has 0 spiro atoms. The maximum atomic E-state index is 11.5. The summed E-state index contributed by atoms with van der Waals surface area (Å²) >= 11 is 0. The Hall–Kier alpha value is -1.55. The van der Waals surface area contributed by atoms with Gasteiger partial charge in [0.1, 0.15) is 0 Å². The first-order valence-electron chi connectivity index (χ1n) is 4.79. The molecule has 0 radical (unpaired) electrons. The third-order valence-corrected chi connectivity index (χ3v) is 2.11. The van der Waals surface area contributed by atoms with E-state index in [1.54, 1.807) is 6.92 Å². The monoisotopic (exact) mass is 186 g/mol. The van der Waals surface area contributed by atoms with Crippen molar-refractivity contribution in [1.82, 2.24) is 0 Å². The number of hydrogen-bond donors (Lipinski definition) is 0. The Morgan fingerprint density at radius 3 is 2.43 bits per heavy atom. The zero-order chi connectivity index (χ0) is 10.4. The van der Waals surface area contributed by atoms with Gasteiger partial charge in [0.2, 0.25) is 0 Å². The second kappa shape index (κ2) is 5.24. The third kappa shape index (κ3) is 2.74. The Kier molecular flexibility index (Phi) is 3.94. The van der Waals surface area contributed by atoms with E-state index < -0.39 is 0 Å². The molecule has 72 valence electrons. The normalized spacial score (nSPS) is 9.00. The number of hydrogen-bond acceptors (Lipinski definition) is 1. The van der Waals surface area contributed by atoms with Gasteiger partial charge in [-0.2, -0.15) is 0 Å². The highest BCUT2D eigenvalue weighted by molar-refractivity contribution is 5.97. The van der Waals surface area contributed by atoms with Crippen molar-refractivity contribution in [3.8, 4) is 11.8 Å². The lowest BCUT2D eigenvalue weighted by Crippen LogP contribution is -1.97. The predicted octanol–water partition coefficient (Wildman–Crippen LogP) is 2.85. The minimum Gasteiger partial charge on any atom is -0.293 e. The Bertz CT molecular complexity index is 362. The molecule has 0 atom stereocenters. The number of benzene rings is 1. The number of rotatable bonds is 3. The maximum absolute atomic E-state index is 11.5. The molecule has 14 heavy (non-hydrogen) atoms. The number of ketones is 1. The Morgan fingerprint density at radius 1 is 1.29 bits per heavy atom. The largest absolute Gasteiger partial charge is 0.293 e. The van der Waals surface area contributed by atoms with Crippen LogP contribution >= 0.6 is 0 Å². The van der Waals surface area contributed by atoms with E-state index in [0.29, 0.717) is 6.42 Å². The molecule has 0 fully saturated rings. The average Bonchev–Trinajstić information content (AvgIpc) is 2.26. The van der Waals surface area contributed by atoms with Gasteiger partial charge >= 0.3 is 0 Å². The van der Waals surface area contributed by atoms with Crippen LogP contribution in [-0.2, 0) is 6.42 Å². The zero-order valence-corrected chi connectivity index (χ0v) is 8.63. The lowest BCUT2D eigenvalue weighted by molar-refractivity contribution is 0.0998. The lowest BCUT2D eigenvalue weighted by atomic mass is 10.1. The average molecular weight is 186 g/mol. The van der Waals surface area contributed by atoms with Gasteiger partial charge in [0.15, 0.2) is 5.78 Å². The van der Waals surface area contributed by atoms with Crippen molar-refractivity contribution in [2.75, 3.05) is 0 Å². The fraction of sp³-hybridized carbons (Fsp3) is 0.308. The van der Waals surface area contributed by atoms with E-state index >= 15 is 0 Å². The molecule has 0 aliphatic rings. The van der Waals surface area contributed by atoms with Gasteiger partial charge in [0.25, 0.3) is 0 Å². The van der Waals surface area contributed by atoms with E-state index in [1.165, 1.54) is 5.56 Å². The summed E-state index contributed by atoms with van der Waals surface area (Å²) in [4.78, 5) is 11.5. The van der Waals surface area contributed by atoms with E-state index in [2.05, 4.69) is 18.8 Å². The summed E-state index contributed by atoms with van der Waals surface area (Å²) in [6.07, 6.45) is 1.32. The second-order valence-electron chi connectivity index (χ2n) is 3.08. The summed E-state index contributed by atoms with van der Waals surface area (Å²) in [6, 6.07) is 7.73. The van der Waals surface area contributed by atoms with Crippen molar-refractivity contribution in [2.24, 2.45) is 0 Å². The minimum absolute atomic E-state index is 0.0991. The lowest BCUT2D eigenvalue weighted by Gasteiger charge is -1.98. The molecule has 1 aromatic carbocycles. The molecule has 0 aliphatic carbocycles. The van der Waals surface area contributed by atoms with Crippen molar-refractivity contribution in [1.29, 1.82) is 0 Å². The fourth-order valence-corrected chi connectivity index (χ4v) is 1.20. The molecule has 0 aliphatic heterocycles. The SMILES string of the molecule is CC#CCC(=O)c1ccc(CC)cc1. The van der Waals surface area contributed by atoms with Gasteiger partial charge in [0, 0.05) is 5.56 Å². The van der Waals surface area contributed by atoms with Crippen LogP contribution in [0.2, 0.25) is 0 Å². The van der Waals surface area contributed by atoms with Crippen LogP contribution in [-0.4, -0.2) is 5.78 Å². The topological polar surface area (TPSA) is 17.1 Å². The molecule has 0 bridgehead atoms. The van der Waals surface area contributed by atoms with Crippen molar-refractivity contribution in [2.45, 2.75) is 26.7 Å². The van der Waals surface area contributed by atoms with Crippen LogP contribution in [0.4, 0.5) is 0 Å². The fourth-order valence-electron chi connectivity index (χ4n) is 1.20. The quantitative estimate of drug-likeness (QED) is 0.524. The Morgan fingerprint density at radius 2 is 1.93 bits per heavy atom. The molecule has 1 rings (SSSR count). The molecule has 1 heteroatoms. The number of aryl methyl sites for hydroxylation is 1. The van der Waals surface area contributed by atoms with E-state index in [1.807, 2.05) is 24.3 Å². The molecule has 0 saturated heterocycles. The van der Waals surface area contributed by atoms with Crippen LogP contribution in [0, 0.1) is 11.8 Å². The van der Waals surface area contributed by atoms with Crippen molar-refractivity contribution >= 4 is 5.78 Å². The number of Topliss-reactive ketones (excluding diaryl/α,β-unsaturated/α-hetero) is 1. The molecule has 0 heterocycles. The van der Waals surface area contributed by atoms with Crippen molar-refractivity contribution < 1.29 is 4.79 Å². The first kappa shape index (κ1) is 10.5. The summed E-state index contributed by atoms with van der Waals surface area (Å²) < 4.78 is 0. The highest BCUT2D eigenvalue weighted by Crippen LogP contribution is 2.07. The van der Waals surface area contributed by atoms with E-state index in [4.69, 9.17) is 0 Å². The predicted molar refractivity (Wildman–Crippen MR) is 58.2 cm³/mol. The standard InChI is InChI=1S/C13H14O/c1-3-5-6-13(14)12-9-7-11(4-2)8-10-12/h7-10H,4,6H2,1-2H3. The van der Waals surface area contributed by atoms with Gasteiger partial charge < -0.3 is 0 Å². The Balaban J connectivity index is 2.74. The van der Waals surface area contributed by atoms with Gasteiger partial charge in [-0.1, -0.05) is 37.1 Å². The van der Waals surface area contributed by atoms with Gasteiger partial charge in [-0.3, -0.25) is 4.79 Å². The number of carbonyl (C=O) groups is 1. The van der Waals surface area contributed by atoms with Crippen LogP contribution < -0.4 is 0 Å². The molecule has 0 aromatic heterocycles. The van der Waals surface area contributed by atoms with Gasteiger partial charge in [0.05, 0.1) is 6.42 Å². The molecule has 0 amide bonds. The molecule has 0 saturated carbocycles. The van der Waals surface area contributed by atoms with Gasteiger partial charge in [-0.15, -0.1) is 5.92 Å². The van der Waals surface area contributed by atoms with E-state index in [9.17, 15) is 4.79 Å². The second-order valence-corrected chi connectivity index (χ2v) is 3.08. The minimum atomic E-state index is 0.0991. The van der Waals surface area contributed by atoms with Crippen LogP contribution in [0.1, 0.15) is 36.2 Å². The highest BCUT2D eigenvalue weighted by Gasteiger charge is 2.02. The molecule has 0 unspecified atom stereocenters. The summed E-state index contributed by atoms with van der Waals surface area (Å²) in [5, 5.41) is 0. The van der Waals surface area contributed by atoms with E-state index in [-0.39, 0.29) is 5.78 Å². The first-order chi connectivity index (χ1) is 6.77. The number of carbonyl (C=O) groups excluding carboxylic acids is 1. The summed E-state index contributed by atoms with van der Waals surface area (Å²) in [7, 11) is 0. The summed E-state index contributed by atoms with van der Waals surface area (Å²) in [6.45, 7) is 3.84. The molecular weight excluding hydrogens is 172 g/mol. The summed E-state index contributed by atoms with van der Waals surface area (Å²) in [5.41, 5.74) is 2.01. The van der Waals surface area contributed by atoms with Crippen LogP contribution in [0.3, 0.4) is 0 Å². The van der Waals surface area contributed by atoms with Crippen LogP contribution in [0.15, 0.2) is 24.3 Å². The molecular formula is C13H14O. The van der Waals surface area contributed by atoms with Crippen molar-refractivity contribution in [3.05, 3.63) is 35.4 Å². The molecule has 0 N–H and O–H groups in total. The van der Waals surface area contributed by atoms with E-state index in [0.717, 1.165) is 12.0 Å². The molecule has 1 aromatic rings. The first-order valence-corrected chi connectivity index (χ1v) is 4.79. The highest BCUT2D eigenvalue weighted by atomic mass is 16.1. The van der Waals surface area contributed by atoms with Crippen molar-refractivity contribution in [3.63, 3.8) is 0 Å².